The van der Waals surface area contributed by atoms with Crippen LogP contribution in [0.5, 0.6) is 0 Å². The molecule has 0 spiro atoms. The van der Waals surface area contributed by atoms with Gasteiger partial charge in [-0.15, -0.1) is 10.2 Å². The first-order chi connectivity index (χ1) is 9.86. The molecule has 21 heavy (non-hydrogen) atoms. The molecule has 0 aliphatic heterocycles. The molecule has 3 heterocycles. The van der Waals surface area contributed by atoms with E-state index in [0.29, 0.717) is 23.5 Å². The molecule has 0 unspecified atom stereocenters. The van der Waals surface area contributed by atoms with Gasteiger partial charge in [0.25, 0.3) is 0 Å². The second kappa shape index (κ2) is 7.93. The zero-order valence-electron chi connectivity index (χ0n) is 13.0. The molecule has 114 valence electrons. The normalized spacial score (nSPS) is 9.43. The lowest BCUT2D eigenvalue weighted by Gasteiger charge is -1.70. The van der Waals surface area contributed by atoms with Gasteiger partial charge in [0, 0.05) is 26.8 Å². The number of hydrogen-bond donors (Lipinski definition) is 0. The van der Waals surface area contributed by atoms with Crippen LogP contribution in [0.15, 0.2) is 19.5 Å². The van der Waals surface area contributed by atoms with Gasteiger partial charge in [0.15, 0.2) is 5.82 Å². The molecular formula is C13H19N5O3. The van der Waals surface area contributed by atoms with Crippen molar-refractivity contribution in [2.24, 2.45) is 0 Å². The van der Waals surface area contributed by atoms with Gasteiger partial charge in [-0.3, -0.25) is 0 Å². The molecule has 0 saturated carbocycles. The van der Waals surface area contributed by atoms with Crippen molar-refractivity contribution in [3.05, 3.63) is 41.0 Å². The first kappa shape index (κ1) is 16.5. The molecule has 0 radical (unpaired) electrons. The molecule has 8 nitrogen and oxygen atoms in total. The average molecular weight is 293 g/mol. The molecule has 0 bridgehead atoms. The zero-order chi connectivity index (χ0) is 15.8. The van der Waals surface area contributed by atoms with Crippen molar-refractivity contribution >= 4 is 0 Å². The van der Waals surface area contributed by atoms with Crippen molar-refractivity contribution in [2.45, 2.75) is 41.5 Å². The van der Waals surface area contributed by atoms with Gasteiger partial charge in [0.1, 0.15) is 5.76 Å². The Kier molecular flexibility index (Phi) is 6.25. The first-order valence-electron chi connectivity index (χ1n) is 6.30. The Balaban J connectivity index is 0.000000157. The Morgan fingerprint density at radius 1 is 0.762 bits per heavy atom. The molecule has 3 aromatic rings. The van der Waals surface area contributed by atoms with E-state index in [9.17, 15) is 0 Å². The fourth-order valence-corrected chi connectivity index (χ4v) is 1.29. The Labute approximate surface area is 122 Å². The van der Waals surface area contributed by atoms with E-state index in [1.807, 2.05) is 19.9 Å². The van der Waals surface area contributed by atoms with E-state index in [-0.39, 0.29) is 0 Å². The minimum atomic E-state index is 0.623. The molecule has 0 aromatic carbocycles. The lowest BCUT2D eigenvalue weighted by Crippen LogP contribution is -1.70. The quantitative estimate of drug-likeness (QED) is 0.623. The SMILES string of the molecule is Cc1cc(C)on1.Cc1nnc(C)o1.Cc1noc(C)n1. The fourth-order valence-electron chi connectivity index (χ4n) is 1.29. The van der Waals surface area contributed by atoms with Crippen LogP contribution in [0.1, 0.15) is 35.0 Å². The number of hydrogen-bond acceptors (Lipinski definition) is 8. The highest BCUT2D eigenvalue weighted by Crippen LogP contribution is 1.97. The van der Waals surface area contributed by atoms with Gasteiger partial charge in [0.05, 0.1) is 5.69 Å². The highest BCUT2D eigenvalue weighted by Gasteiger charge is 1.90. The van der Waals surface area contributed by atoms with Crippen LogP contribution < -0.4 is 0 Å². The van der Waals surface area contributed by atoms with Crippen molar-refractivity contribution in [1.29, 1.82) is 0 Å². The number of aryl methyl sites for hydroxylation is 6. The van der Waals surface area contributed by atoms with Gasteiger partial charge >= 0.3 is 0 Å². The van der Waals surface area contributed by atoms with Crippen molar-refractivity contribution in [1.82, 2.24) is 25.5 Å². The van der Waals surface area contributed by atoms with Crippen LogP contribution in [0.25, 0.3) is 0 Å². The van der Waals surface area contributed by atoms with E-state index >= 15 is 0 Å². The summed E-state index contributed by atoms with van der Waals surface area (Å²) in [7, 11) is 0. The molecule has 0 aliphatic rings. The summed E-state index contributed by atoms with van der Waals surface area (Å²) in [4.78, 5) is 3.83. The van der Waals surface area contributed by atoms with Crippen LogP contribution in [0.2, 0.25) is 0 Å². The van der Waals surface area contributed by atoms with Crippen LogP contribution in [-0.4, -0.2) is 25.5 Å². The van der Waals surface area contributed by atoms with E-state index in [2.05, 4.69) is 30.0 Å². The number of nitrogens with zero attached hydrogens (tertiary/aromatic N) is 5. The molecule has 0 amide bonds. The third-order valence-electron chi connectivity index (χ3n) is 2.00. The van der Waals surface area contributed by atoms with E-state index in [1.165, 1.54) is 0 Å². The highest BCUT2D eigenvalue weighted by molar-refractivity contribution is 4.99. The molecule has 3 aromatic heterocycles. The summed E-state index contributed by atoms with van der Waals surface area (Å²) in [6.07, 6.45) is 0. The third-order valence-corrected chi connectivity index (χ3v) is 2.00. The van der Waals surface area contributed by atoms with Gasteiger partial charge in [-0.2, -0.15) is 4.98 Å². The van der Waals surface area contributed by atoms with Crippen LogP contribution in [-0.2, 0) is 0 Å². The monoisotopic (exact) mass is 293 g/mol. The topological polar surface area (TPSA) is 104 Å². The Hall–Kier alpha value is -2.51. The van der Waals surface area contributed by atoms with Gasteiger partial charge < -0.3 is 13.5 Å². The molecule has 8 heteroatoms. The summed E-state index contributed by atoms with van der Waals surface area (Å²) in [6.45, 7) is 10.9. The lowest BCUT2D eigenvalue weighted by molar-refractivity contribution is 0.389. The Bertz CT molecular complexity index is 516. The van der Waals surface area contributed by atoms with Crippen molar-refractivity contribution in [2.75, 3.05) is 0 Å². The minimum absolute atomic E-state index is 0.623. The molecule has 0 N–H and O–H groups in total. The van der Waals surface area contributed by atoms with E-state index < -0.39 is 0 Å². The maximum Gasteiger partial charge on any atom is 0.223 e. The van der Waals surface area contributed by atoms with Crippen LogP contribution >= 0.6 is 0 Å². The minimum Gasteiger partial charge on any atom is -0.426 e. The zero-order valence-corrected chi connectivity index (χ0v) is 13.0. The second-order valence-electron chi connectivity index (χ2n) is 4.28. The molecule has 0 aliphatic carbocycles. The van der Waals surface area contributed by atoms with Crippen LogP contribution in [0, 0.1) is 41.5 Å². The maximum absolute atomic E-state index is 4.86. The first-order valence-corrected chi connectivity index (χ1v) is 6.30. The predicted molar refractivity (Wildman–Crippen MR) is 73.5 cm³/mol. The fraction of sp³-hybridized carbons (Fsp3) is 0.462. The summed E-state index contributed by atoms with van der Waals surface area (Å²) in [6, 6.07) is 1.89. The summed E-state index contributed by atoms with van der Waals surface area (Å²) >= 11 is 0. The predicted octanol–water partition coefficient (Wildman–Crippen LogP) is 2.66. The second-order valence-corrected chi connectivity index (χ2v) is 4.28. The summed E-state index contributed by atoms with van der Waals surface area (Å²) in [5, 5.41) is 14.4. The lowest BCUT2D eigenvalue weighted by atomic mass is 10.4. The molecule has 0 fully saturated rings. The molecule has 0 saturated heterocycles. The molecule has 0 atom stereocenters. The van der Waals surface area contributed by atoms with Gasteiger partial charge in [0.2, 0.25) is 17.7 Å². The van der Waals surface area contributed by atoms with E-state index in [4.69, 9.17) is 8.94 Å². The third kappa shape index (κ3) is 7.00. The number of rotatable bonds is 0. The van der Waals surface area contributed by atoms with Gasteiger partial charge in [-0.25, -0.2) is 0 Å². The summed E-state index contributed by atoms with van der Waals surface area (Å²) in [5.74, 6) is 3.43. The Morgan fingerprint density at radius 3 is 1.52 bits per heavy atom. The van der Waals surface area contributed by atoms with E-state index in [0.717, 1.165) is 11.5 Å². The Morgan fingerprint density at radius 2 is 1.38 bits per heavy atom. The smallest absolute Gasteiger partial charge is 0.223 e. The van der Waals surface area contributed by atoms with Crippen LogP contribution in [0.3, 0.4) is 0 Å². The maximum atomic E-state index is 4.86. The molecule has 3 rings (SSSR count). The van der Waals surface area contributed by atoms with Crippen molar-refractivity contribution in [3.63, 3.8) is 0 Å². The summed E-state index contributed by atoms with van der Waals surface area (Å²) in [5.41, 5.74) is 0.942. The largest absolute Gasteiger partial charge is 0.426 e. The van der Waals surface area contributed by atoms with Crippen molar-refractivity contribution < 1.29 is 13.5 Å². The van der Waals surface area contributed by atoms with Crippen molar-refractivity contribution in [3.8, 4) is 0 Å². The average Bonchev–Trinajstić information content (AvgIpc) is 3.06. The number of aromatic nitrogens is 5. The van der Waals surface area contributed by atoms with E-state index in [1.54, 1.807) is 27.7 Å². The molecular weight excluding hydrogens is 274 g/mol. The van der Waals surface area contributed by atoms with Gasteiger partial charge in [-0.05, 0) is 20.8 Å². The summed E-state index contributed by atoms with van der Waals surface area (Å²) < 4.78 is 14.2. The highest BCUT2D eigenvalue weighted by atomic mass is 16.5. The standard InChI is InChI=1S/C5H7NO.2C4H6N2O/c1-4-3-5(2)7-6-4;1-3-5-6-4(2)7-3;1-3-5-4(2)7-6-3/h3H,1-2H3;2*1-2H3. The van der Waals surface area contributed by atoms with Gasteiger partial charge in [-0.1, -0.05) is 10.3 Å². The van der Waals surface area contributed by atoms with Crippen LogP contribution in [0.4, 0.5) is 0 Å².